The van der Waals surface area contributed by atoms with Gasteiger partial charge in [0.1, 0.15) is 11.6 Å². The summed E-state index contributed by atoms with van der Waals surface area (Å²) < 4.78 is 34.4. The van der Waals surface area contributed by atoms with Crippen LogP contribution in [0.4, 0.5) is 8.78 Å². The second-order valence-corrected chi connectivity index (χ2v) is 9.36. The maximum absolute atomic E-state index is 15.1. The van der Waals surface area contributed by atoms with Gasteiger partial charge in [-0.15, -0.1) is 0 Å². The highest BCUT2D eigenvalue weighted by molar-refractivity contribution is 6.01. The topological polar surface area (TPSA) is 79.9 Å². The number of rotatable bonds is 11. The predicted molar refractivity (Wildman–Crippen MR) is 149 cm³/mol. The van der Waals surface area contributed by atoms with Gasteiger partial charge in [-0.1, -0.05) is 42.5 Å². The Kier molecular flexibility index (Phi) is 8.68. The Bertz CT molecular complexity index is 1540. The van der Waals surface area contributed by atoms with Gasteiger partial charge in [-0.2, -0.15) is 5.10 Å². The van der Waals surface area contributed by atoms with Crippen LogP contribution in [0.1, 0.15) is 28.0 Å². The molecule has 2 heterocycles. The van der Waals surface area contributed by atoms with E-state index in [0.29, 0.717) is 43.0 Å². The minimum Gasteiger partial charge on any atom is -0.377 e. The maximum atomic E-state index is 15.1. The van der Waals surface area contributed by atoms with E-state index in [0.717, 1.165) is 11.3 Å². The van der Waals surface area contributed by atoms with Crippen molar-refractivity contribution >= 4 is 5.91 Å². The maximum Gasteiger partial charge on any atom is 0.252 e. The lowest BCUT2D eigenvalue weighted by Gasteiger charge is -2.20. The SMILES string of the molecule is O=C(NC(CCOCc1ccccc1)Cc1ccccn1)c1cccc(F)c1-c1cc(-c2ccc(F)cc2)n[nH]1. The fraction of sp³-hybridized carbons (Fsp3) is 0.156. The summed E-state index contributed by atoms with van der Waals surface area (Å²) in [5.74, 6) is -1.34. The second kappa shape index (κ2) is 12.9. The van der Waals surface area contributed by atoms with Crippen LogP contribution in [0.2, 0.25) is 0 Å². The molecule has 3 aromatic carbocycles. The van der Waals surface area contributed by atoms with Crippen LogP contribution in [0, 0.1) is 11.6 Å². The van der Waals surface area contributed by atoms with E-state index in [1.807, 2.05) is 48.5 Å². The first-order chi connectivity index (χ1) is 19.6. The number of ether oxygens (including phenoxy) is 1. The van der Waals surface area contributed by atoms with Crippen LogP contribution in [0.3, 0.4) is 0 Å². The molecule has 0 saturated carbocycles. The highest BCUT2D eigenvalue weighted by Gasteiger charge is 2.22. The Morgan fingerprint density at radius 2 is 1.73 bits per heavy atom. The third kappa shape index (κ3) is 6.84. The first-order valence-corrected chi connectivity index (χ1v) is 13.0. The fourth-order valence-electron chi connectivity index (χ4n) is 4.45. The van der Waals surface area contributed by atoms with Crippen LogP contribution in [-0.4, -0.2) is 33.7 Å². The molecule has 0 spiro atoms. The number of nitrogens with one attached hydrogen (secondary N) is 2. The van der Waals surface area contributed by atoms with Crippen molar-refractivity contribution in [1.29, 1.82) is 0 Å². The number of pyridine rings is 1. The molecule has 0 aliphatic rings. The Morgan fingerprint density at radius 1 is 0.925 bits per heavy atom. The summed E-state index contributed by atoms with van der Waals surface area (Å²) in [5, 5.41) is 10.1. The molecule has 0 bridgehead atoms. The molecule has 8 heteroatoms. The molecule has 0 saturated heterocycles. The fourth-order valence-corrected chi connectivity index (χ4v) is 4.45. The van der Waals surface area contributed by atoms with Gasteiger partial charge < -0.3 is 10.1 Å². The zero-order valence-electron chi connectivity index (χ0n) is 21.7. The van der Waals surface area contributed by atoms with Gasteiger partial charge in [-0.3, -0.25) is 14.9 Å². The van der Waals surface area contributed by atoms with Crippen molar-refractivity contribution in [3.63, 3.8) is 0 Å². The van der Waals surface area contributed by atoms with Gasteiger partial charge in [0, 0.05) is 42.1 Å². The van der Waals surface area contributed by atoms with Crippen LogP contribution < -0.4 is 5.32 Å². The van der Waals surface area contributed by atoms with E-state index in [2.05, 4.69) is 20.5 Å². The van der Waals surface area contributed by atoms with Crippen molar-refractivity contribution in [3.05, 3.63) is 132 Å². The molecule has 0 radical (unpaired) electrons. The van der Waals surface area contributed by atoms with Crippen LogP contribution in [0.15, 0.2) is 103 Å². The van der Waals surface area contributed by atoms with Crippen molar-refractivity contribution in [2.45, 2.75) is 25.5 Å². The Labute approximate surface area is 231 Å². The molecular weight excluding hydrogens is 510 g/mol. The molecule has 0 aliphatic heterocycles. The molecule has 2 N–H and O–H groups in total. The average Bonchev–Trinajstić information content (AvgIpc) is 3.46. The lowest BCUT2D eigenvalue weighted by molar-refractivity contribution is 0.0893. The van der Waals surface area contributed by atoms with E-state index in [-0.39, 0.29) is 23.0 Å². The Balaban J connectivity index is 1.33. The number of benzene rings is 3. The molecule has 5 aromatic rings. The van der Waals surface area contributed by atoms with E-state index < -0.39 is 11.7 Å². The third-order valence-corrected chi connectivity index (χ3v) is 6.48. The van der Waals surface area contributed by atoms with Crippen LogP contribution >= 0.6 is 0 Å². The first-order valence-electron chi connectivity index (χ1n) is 13.0. The minimum atomic E-state index is -0.561. The summed E-state index contributed by atoms with van der Waals surface area (Å²) in [4.78, 5) is 17.9. The number of H-pyrrole nitrogens is 1. The van der Waals surface area contributed by atoms with Gasteiger partial charge in [0.15, 0.2) is 0 Å². The van der Waals surface area contributed by atoms with E-state index in [1.165, 1.54) is 24.3 Å². The van der Waals surface area contributed by atoms with Gasteiger partial charge in [0.05, 0.1) is 23.6 Å². The van der Waals surface area contributed by atoms with Crippen LogP contribution in [0.25, 0.3) is 22.5 Å². The predicted octanol–water partition coefficient (Wildman–Crippen LogP) is 6.36. The monoisotopic (exact) mass is 538 g/mol. The molecule has 1 atom stereocenters. The first kappa shape index (κ1) is 26.9. The number of aromatic amines is 1. The largest absolute Gasteiger partial charge is 0.377 e. The number of hydrogen-bond acceptors (Lipinski definition) is 4. The number of nitrogens with zero attached hydrogens (tertiary/aromatic N) is 2. The standard InChI is InChI=1S/C32H28F2N4O2/c33-24-14-12-23(13-15-24)29-20-30(38-37-29)31-27(10-6-11-28(31)34)32(39)36-26(19-25-9-4-5-17-35-25)16-18-40-21-22-7-2-1-3-8-22/h1-15,17,20,26H,16,18-19,21H2,(H,36,39)(H,37,38). The summed E-state index contributed by atoms with van der Waals surface area (Å²) >= 11 is 0. The van der Waals surface area contributed by atoms with E-state index in [4.69, 9.17) is 4.74 Å². The number of aromatic nitrogens is 3. The van der Waals surface area contributed by atoms with E-state index >= 15 is 4.39 Å². The normalized spacial score (nSPS) is 11.8. The molecule has 0 fully saturated rings. The van der Waals surface area contributed by atoms with Gasteiger partial charge in [-0.25, -0.2) is 8.78 Å². The molecular formula is C32H28F2N4O2. The zero-order chi connectivity index (χ0) is 27.7. The third-order valence-electron chi connectivity index (χ3n) is 6.48. The molecule has 5 rings (SSSR count). The highest BCUT2D eigenvalue weighted by atomic mass is 19.1. The van der Waals surface area contributed by atoms with Gasteiger partial charge >= 0.3 is 0 Å². The van der Waals surface area contributed by atoms with E-state index in [9.17, 15) is 9.18 Å². The van der Waals surface area contributed by atoms with E-state index in [1.54, 1.807) is 30.5 Å². The molecule has 6 nitrogen and oxygen atoms in total. The van der Waals surface area contributed by atoms with Crippen LogP contribution in [-0.2, 0) is 17.8 Å². The molecule has 1 unspecified atom stereocenters. The summed E-state index contributed by atoms with van der Waals surface area (Å²) in [6.45, 7) is 0.889. The van der Waals surface area contributed by atoms with Crippen LogP contribution in [0.5, 0.6) is 0 Å². The van der Waals surface area contributed by atoms with Gasteiger partial charge in [-0.05, 0) is 66.6 Å². The lowest BCUT2D eigenvalue weighted by Crippen LogP contribution is -2.38. The van der Waals surface area contributed by atoms with Crippen molar-refractivity contribution < 1.29 is 18.3 Å². The van der Waals surface area contributed by atoms with Gasteiger partial charge in [0.25, 0.3) is 5.91 Å². The smallest absolute Gasteiger partial charge is 0.252 e. The Morgan fingerprint density at radius 3 is 2.50 bits per heavy atom. The average molecular weight is 539 g/mol. The van der Waals surface area contributed by atoms with Gasteiger partial charge in [0.2, 0.25) is 0 Å². The quantitative estimate of drug-likeness (QED) is 0.192. The van der Waals surface area contributed by atoms with Crippen molar-refractivity contribution in [2.24, 2.45) is 0 Å². The summed E-state index contributed by atoms with van der Waals surface area (Å²) in [6.07, 6.45) is 2.74. The minimum absolute atomic E-state index is 0.109. The van der Waals surface area contributed by atoms with Crippen molar-refractivity contribution in [3.8, 4) is 22.5 Å². The molecule has 1 amide bonds. The van der Waals surface area contributed by atoms with Crippen molar-refractivity contribution in [1.82, 2.24) is 20.5 Å². The molecule has 2 aromatic heterocycles. The summed E-state index contributed by atoms with van der Waals surface area (Å²) in [6, 6.07) is 27.1. The Hall–Kier alpha value is -4.69. The molecule has 202 valence electrons. The lowest BCUT2D eigenvalue weighted by atomic mass is 10.0. The number of hydrogen-bond donors (Lipinski definition) is 2. The zero-order valence-corrected chi connectivity index (χ0v) is 21.7. The van der Waals surface area contributed by atoms with Crippen molar-refractivity contribution in [2.75, 3.05) is 6.61 Å². The molecule has 0 aliphatic carbocycles. The molecule has 40 heavy (non-hydrogen) atoms. The number of carbonyl (C=O) groups is 1. The number of carbonyl (C=O) groups excluding carboxylic acids is 1. The summed E-state index contributed by atoms with van der Waals surface area (Å²) in [7, 11) is 0. The summed E-state index contributed by atoms with van der Waals surface area (Å²) in [5.41, 5.74) is 3.69. The second-order valence-electron chi connectivity index (χ2n) is 9.36. The highest BCUT2D eigenvalue weighted by Crippen LogP contribution is 2.29. The number of halogens is 2. The number of amides is 1.